The number of aryl methyl sites for hydroxylation is 2. The van der Waals surface area contributed by atoms with Crippen LogP contribution in [0.15, 0.2) is 18.2 Å². The molecule has 1 aromatic carbocycles. The van der Waals surface area contributed by atoms with Gasteiger partial charge in [-0.2, -0.15) is 0 Å². The van der Waals surface area contributed by atoms with E-state index < -0.39 is 0 Å². The largest absolute Gasteiger partial charge is 0.300 e. The summed E-state index contributed by atoms with van der Waals surface area (Å²) in [5.41, 5.74) is 3.24. The second kappa shape index (κ2) is 7.74. The highest BCUT2D eigenvalue weighted by Crippen LogP contribution is 2.20. The molecule has 1 aliphatic rings. The standard InChI is InChI=1S/C19H29NO/c1-4-18-8-6-5-7-10-20(18)11-9-19(21)17-13-15(2)12-16(3)14-17/h12-14,18H,4-11H2,1-3H3. The van der Waals surface area contributed by atoms with Gasteiger partial charge in [-0.15, -0.1) is 0 Å². The lowest BCUT2D eigenvalue weighted by Gasteiger charge is -2.28. The number of Topliss-reactive ketones (excluding diaryl/α,β-unsaturated/α-hetero) is 1. The molecule has 0 saturated carbocycles. The van der Waals surface area contributed by atoms with Gasteiger partial charge in [-0.25, -0.2) is 0 Å². The second-order valence-corrected chi connectivity index (χ2v) is 6.50. The molecule has 0 bridgehead atoms. The number of carbonyl (C=O) groups is 1. The van der Waals surface area contributed by atoms with Crippen LogP contribution in [0.1, 0.15) is 66.9 Å². The van der Waals surface area contributed by atoms with Crippen LogP contribution in [0.5, 0.6) is 0 Å². The van der Waals surface area contributed by atoms with E-state index in [0.717, 1.165) is 12.1 Å². The molecule has 1 heterocycles. The predicted molar refractivity (Wildman–Crippen MR) is 89.0 cm³/mol. The zero-order valence-corrected chi connectivity index (χ0v) is 13.8. The third-order valence-corrected chi connectivity index (χ3v) is 4.64. The lowest BCUT2D eigenvalue weighted by atomic mass is 10.0. The number of nitrogens with zero attached hydrogens (tertiary/aromatic N) is 1. The number of rotatable bonds is 5. The van der Waals surface area contributed by atoms with Crippen molar-refractivity contribution in [2.75, 3.05) is 13.1 Å². The normalized spacial score (nSPS) is 20.2. The van der Waals surface area contributed by atoms with Crippen LogP contribution in [-0.4, -0.2) is 29.8 Å². The summed E-state index contributed by atoms with van der Waals surface area (Å²) in [4.78, 5) is 15.0. The molecular formula is C19H29NO. The Kier molecular flexibility index (Phi) is 5.98. The van der Waals surface area contributed by atoms with Gasteiger partial charge < -0.3 is 0 Å². The first-order valence-corrected chi connectivity index (χ1v) is 8.45. The van der Waals surface area contributed by atoms with Crippen molar-refractivity contribution in [3.63, 3.8) is 0 Å². The smallest absolute Gasteiger partial charge is 0.164 e. The maximum Gasteiger partial charge on any atom is 0.164 e. The Morgan fingerprint density at radius 3 is 2.52 bits per heavy atom. The van der Waals surface area contributed by atoms with E-state index in [1.807, 2.05) is 12.1 Å². The van der Waals surface area contributed by atoms with Gasteiger partial charge in [0.05, 0.1) is 0 Å². The fourth-order valence-electron chi connectivity index (χ4n) is 3.52. The zero-order valence-electron chi connectivity index (χ0n) is 13.8. The van der Waals surface area contributed by atoms with E-state index in [0.29, 0.717) is 18.2 Å². The Morgan fingerprint density at radius 2 is 1.86 bits per heavy atom. The van der Waals surface area contributed by atoms with E-state index >= 15 is 0 Å². The number of benzene rings is 1. The van der Waals surface area contributed by atoms with E-state index in [-0.39, 0.29) is 0 Å². The van der Waals surface area contributed by atoms with Crippen LogP contribution in [0.2, 0.25) is 0 Å². The molecule has 2 heteroatoms. The Morgan fingerprint density at radius 1 is 1.14 bits per heavy atom. The molecule has 2 nitrogen and oxygen atoms in total. The number of hydrogen-bond donors (Lipinski definition) is 0. The summed E-state index contributed by atoms with van der Waals surface area (Å²) in [6, 6.07) is 6.85. The van der Waals surface area contributed by atoms with Crippen molar-refractivity contribution in [1.29, 1.82) is 0 Å². The van der Waals surface area contributed by atoms with Crippen LogP contribution in [0, 0.1) is 13.8 Å². The lowest BCUT2D eigenvalue weighted by molar-refractivity contribution is 0.0949. The van der Waals surface area contributed by atoms with Crippen molar-refractivity contribution in [3.8, 4) is 0 Å². The topological polar surface area (TPSA) is 20.3 Å². The SMILES string of the molecule is CCC1CCCCCN1CCC(=O)c1cc(C)cc(C)c1. The van der Waals surface area contributed by atoms with Crippen molar-refractivity contribution in [2.45, 2.75) is 65.3 Å². The Balaban J connectivity index is 1.95. The summed E-state index contributed by atoms with van der Waals surface area (Å²) in [6.07, 6.45) is 7.14. The first kappa shape index (κ1) is 16.2. The van der Waals surface area contributed by atoms with Gasteiger partial charge in [-0.3, -0.25) is 9.69 Å². The minimum absolute atomic E-state index is 0.292. The third-order valence-electron chi connectivity index (χ3n) is 4.64. The average Bonchev–Trinajstić information content (AvgIpc) is 2.68. The van der Waals surface area contributed by atoms with Gasteiger partial charge in [-0.05, 0) is 51.8 Å². The van der Waals surface area contributed by atoms with Crippen molar-refractivity contribution >= 4 is 5.78 Å². The molecule has 1 aromatic rings. The number of carbonyl (C=O) groups excluding carboxylic acids is 1. The van der Waals surface area contributed by atoms with Crippen LogP contribution in [-0.2, 0) is 0 Å². The molecule has 1 saturated heterocycles. The molecule has 0 N–H and O–H groups in total. The highest BCUT2D eigenvalue weighted by molar-refractivity contribution is 5.96. The summed E-state index contributed by atoms with van der Waals surface area (Å²) in [6.45, 7) is 8.48. The van der Waals surface area contributed by atoms with Crippen LogP contribution < -0.4 is 0 Å². The molecule has 1 aliphatic heterocycles. The minimum Gasteiger partial charge on any atom is -0.300 e. The number of ketones is 1. The van der Waals surface area contributed by atoms with Crippen LogP contribution in [0.4, 0.5) is 0 Å². The fourth-order valence-corrected chi connectivity index (χ4v) is 3.52. The van der Waals surface area contributed by atoms with Gasteiger partial charge in [-0.1, -0.05) is 37.0 Å². The molecule has 2 rings (SSSR count). The van der Waals surface area contributed by atoms with Crippen molar-refractivity contribution < 1.29 is 4.79 Å². The third kappa shape index (κ3) is 4.67. The molecule has 0 aromatic heterocycles. The molecule has 0 spiro atoms. The first-order chi connectivity index (χ1) is 10.1. The Bertz CT molecular complexity index is 460. The molecule has 0 amide bonds. The van der Waals surface area contributed by atoms with E-state index in [1.54, 1.807) is 0 Å². The highest BCUT2D eigenvalue weighted by Gasteiger charge is 2.20. The highest BCUT2D eigenvalue weighted by atomic mass is 16.1. The van der Waals surface area contributed by atoms with Crippen molar-refractivity contribution in [2.24, 2.45) is 0 Å². The molecule has 1 fully saturated rings. The maximum absolute atomic E-state index is 12.4. The minimum atomic E-state index is 0.292. The molecule has 21 heavy (non-hydrogen) atoms. The maximum atomic E-state index is 12.4. The van der Waals surface area contributed by atoms with E-state index in [2.05, 4.69) is 31.7 Å². The monoisotopic (exact) mass is 287 g/mol. The zero-order chi connectivity index (χ0) is 15.2. The Hall–Kier alpha value is -1.15. The van der Waals surface area contributed by atoms with Crippen LogP contribution >= 0.6 is 0 Å². The van der Waals surface area contributed by atoms with Gasteiger partial charge in [0.15, 0.2) is 5.78 Å². The molecule has 0 aliphatic carbocycles. The van der Waals surface area contributed by atoms with E-state index in [4.69, 9.17) is 0 Å². The van der Waals surface area contributed by atoms with Crippen LogP contribution in [0.3, 0.4) is 0 Å². The summed E-state index contributed by atoms with van der Waals surface area (Å²) in [7, 11) is 0. The molecule has 116 valence electrons. The summed E-state index contributed by atoms with van der Waals surface area (Å²) in [5, 5.41) is 0. The van der Waals surface area contributed by atoms with Gasteiger partial charge in [0, 0.05) is 24.6 Å². The number of hydrogen-bond acceptors (Lipinski definition) is 2. The fraction of sp³-hybridized carbons (Fsp3) is 0.632. The van der Waals surface area contributed by atoms with Gasteiger partial charge in [0.25, 0.3) is 0 Å². The quantitative estimate of drug-likeness (QED) is 0.742. The summed E-state index contributed by atoms with van der Waals surface area (Å²) >= 11 is 0. The molecule has 1 unspecified atom stereocenters. The van der Waals surface area contributed by atoms with Gasteiger partial charge >= 0.3 is 0 Å². The molecule has 0 radical (unpaired) electrons. The first-order valence-electron chi connectivity index (χ1n) is 8.45. The second-order valence-electron chi connectivity index (χ2n) is 6.50. The van der Waals surface area contributed by atoms with Gasteiger partial charge in [0.2, 0.25) is 0 Å². The summed E-state index contributed by atoms with van der Waals surface area (Å²) in [5.74, 6) is 0.292. The van der Waals surface area contributed by atoms with E-state index in [9.17, 15) is 4.79 Å². The molecular weight excluding hydrogens is 258 g/mol. The summed E-state index contributed by atoms with van der Waals surface area (Å²) < 4.78 is 0. The predicted octanol–water partition coefficient (Wildman–Crippen LogP) is 4.53. The van der Waals surface area contributed by atoms with Crippen molar-refractivity contribution in [1.82, 2.24) is 4.90 Å². The Labute approximate surface area is 129 Å². The van der Waals surface area contributed by atoms with Crippen LogP contribution in [0.25, 0.3) is 0 Å². The number of likely N-dealkylation sites (tertiary alicyclic amines) is 1. The van der Waals surface area contributed by atoms with Crippen molar-refractivity contribution in [3.05, 3.63) is 34.9 Å². The van der Waals surface area contributed by atoms with Gasteiger partial charge in [0.1, 0.15) is 0 Å². The average molecular weight is 287 g/mol. The van der Waals surface area contributed by atoms with E-state index in [1.165, 1.54) is 49.8 Å². The molecule has 1 atom stereocenters. The lowest BCUT2D eigenvalue weighted by Crippen LogP contribution is -2.36.